The normalized spacial score (nSPS) is 17.1. The lowest BCUT2D eigenvalue weighted by atomic mass is 10.1. The zero-order chi connectivity index (χ0) is 15.8. The number of aliphatic hydroxyl groups is 1. The number of Topliss-reactive ketones (excluding diaryl/α,β-unsaturated/α-hetero) is 1. The lowest BCUT2D eigenvalue weighted by molar-refractivity contribution is -0.258. The molecule has 0 saturated carbocycles. The first-order valence-electron chi connectivity index (χ1n) is 6.48. The Labute approximate surface area is 121 Å². The molecule has 0 bridgehead atoms. The molecule has 21 heavy (non-hydrogen) atoms. The molecule has 1 N–H and O–H groups in total. The Bertz CT molecular complexity index is 448. The molecule has 1 fully saturated rings. The van der Waals surface area contributed by atoms with Gasteiger partial charge in [-0.15, -0.1) is 0 Å². The number of hydrogen-bond donors (Lipinski definition) is 1. The smallest absolute Gasteiger partial charge is 0.247 e. The molecule has 1 aliphatic rings. The van der Waals surface area contributed by atoms with E-state index in [9.17, 15) is 24.3 Å². The number of hydroxylamine groups is 2. The quantitative estimate of drug-likeness (QED) is 0.368. The number of ketones is 1. The molecule has 1 heterocycles. The highest BCUT2D eigenvalue weighted by Crippen LogP contribution is 2.10. The lowest BCUT2D eigenvalue weighted by Crippen LogP contribution is -2.43. The van der Waals surface area contributed by atoms with Crippen molar-refractivity contribution in [3.63, 3.8) is 0 Å². The third-order valence-electron chi connectivity index (χ3n) is 2.87. The molecule has 116 valence electrons. The SMILES string of the molecule is CN(CCC(O)ON1CC(=O)CCC1=O)C(=O)/C=C\C=O. The van der Waals surface area contributed by atoms with Crippen LogP contribution in [-0.4, -0.2) is 65.4 Å². The Morgan fingerprint density at radius 2 is 2.19 bits per heavy atom. The van der Waals surface area contributed by atoms with Crippen molar-refractivity contribution in [2.24, 2.45) is 0 Å². The first kappa shape index (κ1) is 17.0. The largest absolute Gasteiger partial charge is 0.366 e. The number of likely N-dealkylation sites (N-methyl/N-ethyl adjacent to an activating group) is 1. The van der Waals surface area contributed by atoms with Crippen LogP contribution in [0.3, 0.4) is 0 Å². The average molecular weight is 298 g/mol. The van der Waals surface area contributed by atoms with Crippen LogP contribution in [0.15, 0.2) is 12.2 Å². The van der Waals surface area contributed by atoms with Crippen LogP contribution in [0.5, 0.6) is 0 Å². The van der Waals surface area contributed by atoms with Gasteiger partial charge in [0.15, 0.2) is 12.1 Å². The van der Waals surface area contributed by atoms with Gasteiger partial charge in [-0.2, -0.15) is 0 Å². The highest BCUT2D eigenvalue weighted by atomic mass is 16.8. The number of rotatable bonds is 7. The van der Waals surface area contributed by atoms with Gasteiger partial charge in [0.2, 0.25) is 11.8 Å². The van der Waals surface area contributed by atoms with Crippen molar-refractivity contribution < 1.29 is 29.1 Å². The Hall–Kier alpha value is -2.06. The van der Waals surface area contributed by atoms with Crippen LogP contribution in [0.2, 0.25) is 0 Å². The third-order valence-corrected chi connectivity index (χ3v) is 2.87. The van der Waals surface area contributed by atoms with Gasteiger partial charge in [0.1, 0.15) is 12.8 Å². The highest BCUT2D eigenvalue weighted by Gasteiger charge is 2.26. The van der Waals surface area contributed by atoms with Crippen molar-refractivity contribution >= 4 is 23.9 Å². The van der Waals surface area contributed by atoms with E-state index in [1.165, 1.54) is 11.9 Å². The van der Waals surface area contributed by atoms with Crippen LogP contribution >= 0.6 is 0 Å². The first-order chi connectivity index (χ1) is 9.93. The fourth-order valence-electron chi connectivity index (χ4n) is 1.66. The number of nitrogens with zero attached hydrogens (tertiary/aromatic N) is 2. The average Bonchev–Trinajstić information content (AvgIpc) is 2.46. The number of piperidine rings is 1. The Kier molecular flexibility index (Phi) is 6.70. The second-order valence-corrected chi connectivity index (χ2v) is 4.57. The molecule has 0 spiro atoms. The van der Waals surface area contributed by atoms with Crippen LogP contribution in [0, 0.1) is 0 Å². The van der Waals surface area contributed by atoms with Crippen LogP contribution in [-0.2, 0) is 24.0 Å². The van der Waals surface area contributed by atoms with Gasteiger partial charge < -0.3 is 10.0 Å². The molecule has 8 heteroatoms. The second kappa shape index (κ2) is 8.28. The van der Waals surface area contributed by atoms with Gasteiger partial charge in [-0.05, 0) is 6.08 Å². The summed E-state index contributed by atoms with van der Waals surface area (Å²) in [5.41, 5.74) is 0. The lowest BCUT2D eigenvalue weighted by Gasteiger charge is -2.27. The molecule has 2 amide bonds. The third kappa shape index (κ3) is 5.84. The minimum atomic E-state index is -1.30. The number of aldehydes is 1. The van der Waals surface area contributed by atoms with E-state index in [0.29, 0.717) is 6.29 Å². The van der Waals surface area contributed by atoms with Crippen molar-refractivity contribution in [2.75, 3.05) is 20.1 Å². The summed E-state index contributed by atoms with van der Waals surface area (Å²) in [5, 5.41) is 10.5. The summed E-state index contributed by atoms with van der Waals surface area (Å²) in [4.78, 5) is 50.5. The van der Waals surface area contributed by atoms with Crippen molar-refractivity contribution in [3.8, 4) is 0 Å². The molecule has 0 aliphatic carbocycles. The molecule has 1 aliphatic heterocycles. The minimum Gasteiger partial charge on any atom is -0.366 e. The van der Waals surface area contributed by atoms with E-state index in [-0.39, 0.29) is 44.0 Å². The van der Waals surface area contributed by atoms with Gasteiger partial charge >= 0.3 is 0 Å². The van der Waals surface area contributed by atoms with Gasteiger partial charge in [0, 0.05) is 38.9 Å². The molecular weight excluding hydrogens is 280 g/mol. The predicted octanol–water partition coefficient (Wildman–Crippen LogP) is -0.968. The number of amides is 2. The molecule has 1 unspecified atom stereocenters. The summed E-state index contributed by atoms with van der Waals surface area (Å²) in [6.45, 7) is -0.00803. The summed E-state index contributed by atoms with van der Waals surface area (Å²) in [5.74, 6) is -0.876. The Morgan fingerprint density at radius 1 is 1.48 bits per heavy atom. The molecule has 0 radical (unpaired) electrons. The van der Waals surface area contributed by atoms with Gasteiger partial charge in [0.25, 0.3) is 0 Å². The van der Waals surface area contributed by atoms with Crippen molar-refractivity contribution in [1.82, 2.24) is 9.96 Å². The number of carbonyl (C=O) groups excluding carboxylic acids is 4. The summed E-state index contributed by atoms with van der Waals surface area (Å²) < 4.78 is 0. The Balaban J connectivity index is 2.36. The molecular formula is C13H18N2O6. The predicted molar refractivity (Wildman–Crippen MR) is 70.5 cm³/mol. The van der Waals surface area contributed by atoms with E-state index >= 15 is 0 Å². The van der Waals surface area contributed by atoms with E-state index in [1.807, 2.05) is 0 Å². The van der Waals surface area contributed by atoms with Crippen molar-refractivity contribution in [2.45, 2.75) is 25.6 Å². The van der Waals surface area contributed by atoms with Gasteiger partial charge in [-0.3, -0.25) is 19.2 Å². The van der Waals surface area contributed by atoms with Crippen LogP contribution in [0.4, 0.5) is 0 Å². The van der Waals surface area contributed by atoms with Gasteiger partial charge in [-0.25, -0.2) is 9.90 Å². The van der Waals surface area contributed by atoms with E-state index in [0.717, 1.165) is 17.2 Å². The molecule has 8 nitrogen and oxygen atoms in total. The van der Waals surface area contributed by atoms with Crippen LogP contribution < -0.4 is 0 Å². The maximum absolute atomic E-state index is 11.5. The second-order valence-electron chi connectivity index (χ2n) is 4.57. The topological polar surface area (TPSA) is 104 Å². The zero-order valence-corrected chi connectivity index (χ0v) is 11.7. The van der Waals surface area contributed by atoms with E-state index in [2.05, 4.69) is 0 Å². The number of carbonyl (C=O) groups is 4. The fraction of sp³-hybridized carbons (Fsp3) is 0.538. The minimum absolute atomic E-state index is 0.0646. The number of aliphatic hydroxyl groups excluding tert-OH is 1. The maximum Gasteiger partial charge on any atom is 0.247 e. The zero-order valence-electron chi connectivity index (χ0n) is 11.7. The Morgan fingerprint density at radius 3 is 2.86 bits per heavy atom. The van der Waals surface area contributed by atoms with Crippen LogP contribution in [0.25, 0.3) is 0 Å². The standard InChI is InChI=1S/C13H18N2O6/c1-14(11(18)3-2-8-16)7-6-13(20)21-15-9-10(17)4-5-12(15)19/h2-3,8,13,20H,4-7,9H2,1H3/b3-2-. The van der Waals surface area contributed by atoms with E-state index < -0.39 is 12.2 Å². The molecule has 1 atom stereocenters. The van der Waals surface area contributed by atoms with Gasteiger partial charge in [0.05, 0.1) is 0 Å². The van der Waals surface area contributed by atoms with Crippen molar-refractivity contribution in [3.05, 3.63) is 12.2 Å². The fourth-order valence-corrected chi connectivity index (χ4v) is 1.66. The molecule has 0 aromatic carbocycles. The number of allylic oxidation sites excluding steroid dienone is 1. The highest BCUT2D eigenvalue weighted by molar-refractivity contribution is 5.92. The maximum atomic E-state index is 11.5. The monoisotopic (exact) mass is 298 g/mol. The summed E-state index contributed by atoms with van der Waals surface area (Å²) in [6.07, 6.45) is 1.69. The summed E-state index contributed by atoms with van der Waals surface area (Å²) in [7, 11) is 1.50. The summed E-state index contributed by atoms with van der Waals surface area (Å²) >= 11 is 0. The van der Waals surface area contributed by atoms with Crippen LogP contribution in [0.1, 0.15) is 19.3 Å². The molecule has 0 aromatic heterocycles. The molecule has 0 aromatic rings. The first-order valence-corrected chi connectivity index (χ1v) is 6.48. The molecule has 1 saturated heterocycles. The number of hydrogen-bond acceptors (Lipinski definition) is 6. The van der Waals surface area contributed by atoms with Gasteiger partial charge in [-0.1, -0.05) is 0 Å². The van der Waals surface area contributed by atoms with Crippen molar-refractivity contribution in [1.29, 1.82) is 0 Å². The van der Waals surface area contributed by atoms with E-state index in [4.69, 9.17) is 4.84 Å². The summed E-state index contributed by atoms with van der Waals surface area (Å²) in [6, 6.07) is 0. The van der Waals surface area contributed by atoms with E-state index in [1.54, 1.807) is 0 Å². The molecule has 1 rings (SSSR count).